The fraction of sp³-hybridized carbons (Fsp3) is 0.353. The number of amides is 1. The Morgan fingerprint density at radius 2 is 1.77 bits per heavy atom. The van der Waals surface area contributed by atoms with E-state index in [2.05, 4.69) is 29.6 Å². The molecule has 3 rings (SSSR count). The molecule has 0 saturated heterocycles. The summed E-state index contributed by atoms with van der Waals surface area (Å²) in [5.41, 5.74) is 1.89. The zero-order valence-electron chi connectivity index (χ0n) is 12.0. The topological polar surface area (TPSA) is 29.1 Å². The molecule has 0 unspecified atom stereocenters. The van der Waals surface area contributed by atoms with Crippen molar-refractivity contribution < 1.29 is 4.79 Å². The Bertz CT molecular complexity index is 648. The van der Waals surface area contributed by atoms with Gasteiger partial charge in [-0.15, -0.1) is 11.3 Å². The number of halogens is 2. The lowest BCUT2D eigenvalue weighted by Gasteiger charge is -2.29. The summed E-state index contributed by atoms with van der Waals surface area (Å²) >= 11 is 13.2. The summed E-state index contributed by atoms with van der Waals surface area (Å²) in [5.74, 6) is 0.491. The van der Waals surface area contributed by atoms with E-state index in [1.165, 1.54) is 16.9 Å². The number of carbonyl (C=O) groups is 1. The molecule has 1 amide bonds. The fourth-order valence-electron chi connectivity index (χ4n) is 3.05. The molecule has 116 valence electrons. The van der Waals surface area contributed by atoms with Crippen LogP contribution in [0.1, 0.15) is 47.5 Å². The Balaban J connectivity index is 1.56. The van der Waals surface area contributed by atoms with Crippen LogP contribution >= 0.6 is 34.5 Å². The maximum absolute atomic E-state index is 12.3. The molecule has 0 aliphatic heterocycles. The Hall–Kier alpha value is -1.03. The van der Waals surface area contributed by atoms with Gasteiger partial charge in [-0.05, 0) is 43.2 Å². The van der Waals surface area contributed by atoms with Crippen LogP contribution in [0.2, 0.25) is 8.67 Å². The van der Waals surface area contributed by atoms with Crippen LogP contribution in [-0.2, 0) is 0 Å². The second kappa shape index (κ2) is 7.03. The Morgan fingerprint density at radius 3 is 2.36 bits per heavy atom. The minimum absolute atomic E-state index is 0.115. The largest absolute Gasteiger partial charge is 0.349 e. The second-order valence-corrected chi connectivity index (χ2v) is 7.96. The molecule has 1 aromatic carbocycles. The first-order valence-electron chi connectivity index (χ1n) is 7.44. The van der Waals surface area contributed by atoms with Crippen LogP contribution in [0, 0.1) is 0 Å². The molecule has 2 nitrogen and oxygen atoms in total. The van der Waals surface area contributed by atoms with Gasteiger partial charge in [0.2, 0.25) is 0 Å². The molecule has 1 aliphatic carbocycles. The number of hydrogen-bond acceptors (Lipinski definition) is 2. The lowest BCUT2D eigenvalue weighted by atomic mass is 9.82. The maximum atomic E-state index is 12.3. The molecule has 1 fully saturated rings. The number of benzene rings is 1. The Morgan fingerprint density at radius 1 is 1.09 bits per heavy atom. The smallest absolute Gasteiger partial charge is 0.253 e. The second-order valence-electron chi connectivity index (χ2n) is 5.67. The van der Waals surface area contributed by atoms with Crippen LogP contribution in [0.4, 0.5) is 0 Å². The third-order valence-corrected chi connectivity index (χ3v) is 5.72. The summed E-state index contributed by atoms with van der Waals surface area (Å²) in [6, 6.07) is 12.5. The molecule has 0 bridgehead atoms. The molecule has 1 N–H and O–H groups in total. The van der Waals surface area contributed by atoms with Crippen LogP contribution < -0.4 is 5.32 Å². The molecule has 1 aromatic heterocycles. The van der Waals surface area contributed by atoms with Crippen molar-refractivity contribution in [3.8, 4) is 0 Å². The number of rotatable bonds is 3. The molecule has 5 heteroatoms. The highest BCUT2D eigenvalue weighted by Gasteiger charge is 2.24. The number of hydrogen-bond donors (Lipinski definition) is 1. The summed E-state index contributed by atoms with van der Waals surface area (Å²) in [7, 11) is 0. The van der Waals surface area contributed by atoms with Crippen LogP contribution in [0.3, 0.4) is 0 Å². The maximum Gasteiger partial charge on any atom is 0.253 e. The first-order chi connectivity index (χ1) is 10.6. The predicted octanol–water partition coefficient (Wildman–Crippen LogP) is 5.51. The molecule has 0 atom stereocenters. The van der Waals surface area contributed by atoms with Gasteiger partial charge in [-0.3, -0.25) is 4.79 Å². The highest BCUT2D eigenvalue weighted by Crippen LogP contribution is 2.34. The van der Waals surface area contributed by atoms with Gasteiger partial charge in [-0.25, -0.2) is 0 Å². The molecular weight excluding hydrogens is 337 g/mol. The van der Waals surface area contributed by atoms with Gasteiger partial charge in [0.15, 0.2) is 0 Å². The van der Waals surface area contributed by atoms with Crippen molar-refractivity contribution in [2.24, 2.45) is 0 Å². The molecule has 0 radical (unpaired) electrons. The van der Waals surface area contributed by atoms with Gasteiger partial charge in [0.25, 0.3) is 5.91 Å². The molecule has 22 heavy (non-hydrogen) atoms. The molecule has 0 spiro atoms. The zero-order valence-corrected chi connectivity index (χ0v) is 14.3. The van der Waals surface area contributed by atoms with Gasteiger partial charge < -0.3 is 5.32 Å². The fourth-order valence-corrected chi connectivity index (χ4v) is 4.51. The van der Waals surface area contributed by atoms with E-state index in [1.54, 1.807) is 6.07 Å². The molecule has 1 saturated carbocycles. The summed E-state index contributed by atoms with van der Waals surface area (Å²) in [4.78, 5) is 12.3. The van der Waals surface area contributed by atoms with E-state index in [4.69, 9.17) is 23.2 Å². The van der Waals surface area contributed by atoms with Crippen molar-refractivity contribution in [2.45, 2.75) is 37.6 Å². The third-order valence-electron chi connectivity index (χ3n) is 4.23. The number of nitrogens with one attached hydrogen (secondary N) is 1. The van der Waals surface area contributed by atoms with E-state index in [9.17, 15) is 4.79 Å². The lowest BCUT2D eigenvalue weighted by molar-refractivity contribution is 0.0926. The van der Waals surface area contributed by atoms with Crippen LogP contribution in [0.15, 0.2) is 36.4 Å². The summed E-state index contributed by atoms with van der Waals surface area (Å²) < 4.78 is 1.00. The van der Waals surface area contributed by atoms with Crippen molar-refractivity contribution in [3.05, 3.63) is 56.2 Å². The first-order valence-corrected chi connectivity index (χ1v) is 9.01. The van der Waals surface area contributed by atoms with Crippen molar-refractivity contribution in [3.63, 3.8) is 0 Å². The van der Waals surface area contributed by atoms with E-state index in [1.807, 2.05) is 6.07 Å². The normalized spacial score (nSPS) is 21.5. The SMILES string of the molecule is O=C(NC1CCC(c2ccccc2)CC1)c1cc(Cl)sc1Cl. The van der Waals surface area contributed by atoms with Gasteiger partial charge in [0.1, 0.15) is 4.34 Å². The molecule has 2 aromatic rings. The average Bonchev–Trinajstić information content (AvgIpc) is 2.88. The summed E-state index contributed by atoms with van der Waals surface area (Å²) in [6.45, 7) is 0. The minimum Gasteiger partial charge on any atom is -0.349 e. The van der Waals surface area contributed by atoms with Gasteiger partial charge in [0, 0.05) is 6.04 Å². The van der Waals surface area contributed by atoms with Crippen molar-refractivity contribution in [1.82, 2.24) is 5.32 Å². The van der Waals surface area contributed by atoms with Gasteiger partial charge in [0.05, 0.1) is 9.90 Å². The van der Waals surface area contributed by atoms with E-state index in [-0.39, 0.29) is 11.9 Å². The minimum atomic E-state index is -0.115. The van der Waals surface area contributed by atoms with Crippen LogP contribution in [-0.4, -0.2) is 11.9 Å². The van der Waals surface area contributed by atoms with Gasteiger partial charge >= 0.3 is 0 Å². The Labute approximate surface area is 144 Å². The zero-order chi connectivity index (χ0) is 15.5. The molecular formula is C17H17Cl2NOS. The molecule has 1 heterocycles. The third kappa shape index (κ3) is 3.65. The first kappa shape index (κ1) is 15.9. The van der Waals surface area contributed by atoms with E-state index >= 15 is 0 Å². The van der Waals surface area contributed by atoms with Gasteiger partial charge in [-0.2, -0.15) is 0 Å². The van der Waals surface area contributed by atoms with E-state index in [0.29, 0.717) is 20.2 Å². The van der Waals surface area contributed by atoms with Crippen molar-refractivity contribution >= 4 is 40.4 Å². The number of thiophene rings is 1. The van der Waals surface area contributed by atoms with Gasteiger partial charge in [-0.1, -0.05) is 53.5 Å². The van der Waals surface area contributed by atoms with Crippen molar-refractivity contribution in [1.29, 1.82) is 0 Å². The van der Waals surface area contributed by atoms with E-state index < -0.39 is 0 Å². The molecule has 1 aliphatic rings. The lowest BCUT2D eigenvalue weighted by Crippen LogP contribution is -2.37. The van der Waals surface area contributed by atoms with Crippen molar-refractivity contribution in [2.75, 3.05) is 0 Å². The summed E-state index contributed by atoms with van der Waals surface area (Å²) in [5, 5.41) is 3.09. The average molecular weight is 354 g/mol. The van der Waals surface area contributed by atoms with E-state index in [0.717, 1.165) is 25.7 Å². The summed E-state index contributed by atoms with van der Waals surface area (Å²) in [6.07, 6.45) is 4.21. The monoisotopic (exact) mass is 353 g/mol. The predicted molar refractivity (Wildman–Crippen MR) is 93.2 cm³/mol. The Kier molecular flexibility index (Phi) is 5.07. The highest BCUT2D eigenvalue weighted by atomic mass is 35.5. The quantitative estimate of drug-likeness (QED) is 0.774. The number of carbonyl (C=O) groups excluding carboxylic acids is 1. The van der Waals surface area contributed by atoms with Crippen LogP contribution in [0.25, 0.3) is 0 Å². The van der Waals surface area contributed by atoms with Crippen LogP contribution in [0.5, 0.6) is 0 Å². The standard InChI is InChI=1S/C17H17Cl2NOS/c18-15-10-14(16(19)22-15)17(21)20-13-8-6-12(7-9-13)11-4-2-1-3-5-11/h1-5,10,12-13H,6-9H2,(H,20,21). The highest BCUT2D eigenvalue weighted by molar-refractivity contribution is 7.20.